The van der Waals surface area contributed by atoms with Crippen molar-refractivity contribution < 1.29 is 45.4 Å². The van der Waals surface area contributed by atoms with Gasteiger partial charge >= 0.3 is 12.7 Å². The second-order valence-electron chi connectivity index (χ2n) is 14.9. The zero-order chi connectivity index (χ0) is 47.4. The lowest BCUT2D eigenvalue weighted by molar-refractivity contribution is -0.275. The van der Waals surface area contributed by atoms with E-state index in [4.69, 9.17) is 27.3 Å². The average molecular weight is 965 g/mol. The Morgan fingerprint density at radius 3 is 1.48 bits per heavy atom. The Morgan fingerprint density at radius 1 is 0.576 bits per heavy atom. The highest BCUT2D eigenvalue weighted by molar-refractivity contribution is 7.22. The Balaban J connectivity index is 0.000000203. The van der Waals surface area contributed by atoms with Crippen LogP contribution in [0.25, 0.3) is 41.6 Å². The number of hydrogen-bond acceptors (Lipinski definition) is 9. The molecule has 17 heteroatoms. The first-order valence-electron chi connectivity index (χ1n) is 19.5. The molecule has 2 aromatic heterocycles. The number of nitrogens with zero attached hydrogens (tertiary/aromatic N) is 2. The van der Waals surface area contributed by atoms with Gasteiger partial charge in [-0.3, -0.25) is 9.59 Å². The third kappa shape index (κ3) is 13.3. The van der Waals surface area contributed by atoms with E-state index in [1.807, 2.05) is 50.2 Å². The van der Waals surface area contributed by atoms with Crippen LogP contribution < -0.4 is 20.5 Å². The highest BCUT2D eigenvalue weighted by Gasteiger charge is 2.32. The molecule has 344 valence electrons. The monoisotopic (exact) mass is 964 g/mol. The molecular formula is C49H43ClF6N4O4S2. The lowest BCUT2D eigenvalue weighted by Gasteiger charge is -2.13. The summed E-state index contributed by atoms with van der Waals surface area (Å²) in [6.45, 7) is 11.3. The number of thiazole rings is 2. The van der Waals surface area contributed by atoms with Gasteiger partial charge < -0.3 is 20.5 Å². The van der Waals surface area contributed by atoms with Crippen molar-refractivity contribution in [2.45, 2.75) is 61.7 Å². The molecule has 8 rings (SSSR count). The number of aryl methyl sites for hydroxylation is 6. The van der Waals surface area contributed by atoms with Crippen molar-refractivity contribution in [1.29, 1.82) is 0 Å². The summed E-state index contributed by atoms with van der Waals surface area (Å²) in [6, 6.07) is 31.0. The third-order valence-electron chi connectivity index (χ3n) is 9.63. The van der Waals surface area contributed by atoms with Gasteiger partial charge in [0.25, 0.3) is 11.1 Å². The van der Waals surface area contributed by atoms with Crippen molar-refractivity contribution in [2.75, 3.05) is 11.1 Å². The van der Waals surface area contributed by atoms with Crippen LogP contribution in [0.2, 0.25) is 0 Å². The number of rotatable bonds is 7. The number of halogens is 7. The van der Waals surface area contributed by atoms with Gasteiger partial charge in [0, 0.05) is 33.6 Å². The van der Waals surface area contributed by atoms with Gasteiger partial charge in [0.2, 0.25) is 0 Å². The molecule has 66 heavy (non-hydrogen) atoms. The first kappa shape index (κ1) is 50.5. The fourth-order valence-electron chi connectivity index (χ4n) is 6.45. The molecule has 0 spiro atoms. The smallest absolute Gasteiger partial charge is 0.406 e. The normalized spacial score (nSPS) is 11.2. The van der Waals surface area contributed by atoms with E-state index in [9.17, 15) is 35.9 Å². The van der Waals surface area contributed by atoms with Crippen LogP contribution in [0.3, 0.4) is 0 Å². The van der Waals surface area contributed by atoms with Gasteiger partial charge in [-0.05, 0) is 171 Å². The van der Waals surface area contributed by atoms with Crippen molar-refractivity contribution in [1.82, 2.24) is 9.97 Å². The van der Waals surface area contributed by atoms with Crippen molar-refractivity contribution in [2.24, 2.45) is 0 Å². The molecule has 8 nitrogen and oxygen atoms in total. The summed E-state index contributed by atoms with van der Waals surface area (Å²) in [4.78, 5) is 32.9. The fourth-order valence-corrected chi connectivity index (χ4v) is 8.97. The molecule has 0 aliphatic heterocycles. The molecule has 2 heterocycles. The zero-order valence-corrected chi connectivity index (χ0v) is 37.8. The number of nitrogen functional groups attached to an aromatic ring is 1. The van der Waals surface area contributed by atoms with Gasteiger partial charge in [0.05, 0.1) is 20.4 Å². The Hall–Kier alpha value is -6.49. The number of anilines is 2. The number of hydrogen-bond donors (Lipinski definition) is 2. The van der Waals surface area contributed by atoms with E-state index in [0.29, 0.717) is 16.8 Å². The fraction of sp³-hybridized carbons (Fsp3) is 0.184. The topological polar surface area (TPSA) is 116 Å². The molecule has 1 amide bonds. The number of aromatic nitrogens is 2. The summed E-state index contributed by atoms with van der Waals surface area (Å²) < 4.78 is 82.9. The Kier molecular flexibility index (Phi) is 15.9. The van der Waals surface area contributed by atoms with Gasteiger partial charge in [0.15, 0.2) is 0 Å². The highest BCUT2D eigenvalue weighted by atomic mass is 35.5. The second-order valence-corrected chi connectivity index (χ2v) is 17.3. The lowest BCUT2D eigenvalue weighted by atomic mass is 10.1. The predicted octanol–water partition coefficient (Wildman–Crippen LogP) is 15.1. The van der Waals surface area contributed by atoms with Gasteiger partial charge in [-0.15, -0.1) is 49.0 Å². The van der Waals surface area contributed by atoms with Crippen LogP contribution >= 0.6 is 34.3 Å². The molecule has 0 aliphatic carbocycles. The Morgan fingerprint density at radius 2 is 1.03 bits per heavy atom. The van der Waals surface area contributed by atoms with E-state index in [1.54, 1.807) is 42.6 Å². The molecule has 8 aromatic rings. The van der Waals surface area contributed by atoms with Crippen molar-refractivity contribution >= 4 is 77.2 Å². The van der Waals surface area contributed by atoms with E-state index in [2.05, 4.69) is 59.0 Å². The summed E-state index contributed by atoms with van der Waals surface area (Å²) in [7, 11) is 0. The minimum absolute atomic E-state index is 0. The molecule has 0 fully saturated rings. The minimum atomic E-state index is -4.82. The largest absolute Gasteiger partial charge is 0.573 e. The number of amides is 1. The molecule has 0 aliphatic rings. The van der Waals surface area contributed by atoms with Crippen LogP contribution in [-0.2, 0) is 0 Å². The quantitative estimate of drug-likeness (QED) is 0.0928. The number of nitrogens with one attached hydrogen (secondary N) is 1. The van der Waals surface area contributed by atoms with E-state index in [1.165, 1.54) is 45.2 Å². The maximum Gasteiger partial charge on any atom is 0.573 e. The zero-order valence-electron chi connectivity index (χ0n) is 35.5. The predicted molar refractivity (Wildman–Crippen MR) is 254 cm³/mol. The van der Waals surface area contributed by atoms with E-state index >= 15 is 0 Å². The van der Waals surface area contributed by atoms with Crippen LogP contribution in [0.4, 0.5) is 37.7 Å². The number of ether oxygens (including phenoxy) is 2. The standard InChI is InChI=1S/C24H19F3N2O2S.C15H14N2S.C9H6ClF3O2.CH4/c1-13-4-9-20-21(10-13)32-23(29-20)18-8-6-16(11-15(18)3)28-22(30)19-12-17(7-5-14(19)2)31-24(25,26)27;1-9-3-6-13-14(7-9)18-15(17-13)12-5-4-11(16)8-10(12)2;1-5-2-3-6(15-9(11,12)13)4-7(5)8(10)14;/h4-12H,1-3H3,(H,28,30);3-8H,16H2,1-2H3;2-4H,1H3;1H4. The maximum absolute atomic E-state index is 12.7. The number of fused-ring (bicyclic) bond motifs is 2. The van der Waals surface area contributed by atoms with Gasteiger partial charge in [-0.1, -0.05) is 31.7 Å². The molecule has 0 bridgehead atoms. The first-order chi connectivity index (χ1) is 30.5. The maximum atomic E-state index is 12.7. The average Bonchev–Trinajstić information content (AvgIpc) is 3.82. The van der Waals surface area contributed by atoms with Gasteiger partial charge in [-0.2, -0.15) is 0 Å². The van der Waals surface area contributed by atoms with E-state index in [-0.39, 0.29) is 18.6 Å². The van der Waals surface area contributed by atoms with Crippen molar-refractivity contribution in [3.63, 3.8) is 0 Å². The van der Waals surface area contributed by atoms with Crippen LogP contribution in [0, 0.1) is 41.5 Å². The molecule has 0 saturated heterocycles. The Labute approximate surface area is 390 Å². The van der Waals surface area contributed by atoms with Crippen LogP contribution in [-0.4, -0.2) is 33.8 Å². The third-order valence-corrected chi connectivity index (χ3v) is 11.9. The highest BCUT2D eigenvalue weighted by Crippen LogP contribution is 2.35. The molecule has 6 aromatic carbocycles. The minimum Gasteiger partial charge on any atom is -0.406 e. The number of alkyl halides is 6. The van der Waals surface area contributed by atoms with Crippen molar-refractivity contribution in [3.8, 4) is 32.6 Å². The van der Waals surface area contributed by atoms with Gasteiger partial charge in [-0.25, -0.2) is 9.97 Å². The summed E-state index contributed by atoms with van der Waals surface area (Å²) in [6.07, 6.45) is -9.60. The first-order valence-corrected chi connectivity index (χ1v) is 21.5. The van der Waals surface area contributed by atoms with E-state index < -0.39 is 35.4 Å². The molecule has 0 atom stereocenters. The molecule has 0 unspecified atom stereocenters. The lowest BCUT2D eigenvalue weighted by Crippen LogP contribution is -2.18. The van der Waals surface area contributed by atoms with Crippen LogP contribution in [0.1, 0.15) is 61.5 Å². The molecule has 0 saturated carbocycles. The van der Waals surface area contributed by atoms with Crippen molar-refractivity contribution in [3.05, 3.63) is 154 Å². The SMILES string of the molecule is C.Cc1ccc(OC(F)(F)F)cc1C(=O)Cl.Cc1ccc2nc(-c3ccc(N)cc3C)sc2c1.Cc1ccc2nc(-c3ccc(NC(=O)c4cc(OC(F)(F)F)ccc4C)cc3C)sc2c1. The summed E-state index contributed by atoms with van der Waals surface area (Å²) >= 11 is 8.51. The molecule has 3 N–H and O–H groups in total. The molecular weight excluding hydrogens is 922 g/mol. The second kappa shape index (κ2) is 20.8. The summed E-state index contributed by atoms with van der Waals surface area (Å²) in [5.41, 5.74) is 16.9. The number of nitrogens with two attached hydrogens (primary N) is 1. The summed E-state index contributed by atoms with van der Waals surface area (Å²) in [5, 5.41) is 3.88. The summed E-state index contributed by atoms with van der Waals surface area (Å²) in [5.74, 6) is -1.42. The molecule has 0 radical (unpaired) electrons. The van der Waals surface area contributed by atoms with Crippen LogP contribution in [0.5, 0.6) is 11.5 Å². The number of benzene rings is 6. The van der Waals surface area contributed by atoms with E-state index in [0.717, 1.165) is 60.8 Å². The van der Waals surface area contributed by atoms with Crippen LogP contribution in [0.15, 0.2) is 109 Å². The van der Waals surface area contributed by atoms with Gasteiger partial charge in [0.1, 0.15) is 21.5 Å². The number of carbonyl (C=O) groups excluding carboxylic acids is 2. The number of carbonyl (C=O) groups is 2. The Bertz CT molecular complexity index is 3060.